The second-order valence-electron chi connectivity index (χ2n) is 8.45. The Morgan fingerprint density at radius 1 is 1.17 bits per heavy atom. The van der Waals surface area contributed by atoms with Gasteiger partial charge in [0.15, 0.2) is 0 Å². The number of piperidine rings is 1. The average Bonchev–Trinajstić information content (AvgIpc) is 2.99. The predicted molar refractivity (Wildman–Crippen MR) is 114 cm³/mol. The number of likely N-dealkylation sites (tertiary alicyclic amines) is 1. The number of carbonyl (C=O) groups excluding carboxylic acids is 3. The molecule has 3 amide bonds. The van der Waals surface area contributed by atoms with Crippen LogP contribution in [0.4, 0.5) is 5.69 Å². The van der Waals surface area contributed by atoms with E-state index in [0.29, 0.717) is 45.1 Å². The molecule has 30 heavy (non-hydrogen) atoms. The Balaban J connectivity index is 1.78. The number of nitrogens with zero attached hydrogens (tertiary/aromatic N) is 3. The van der Waals surface area contributed by atoms with Crippen molar-refractivity contribution in [2.24, 2.45) is 5.92 Å². The van der Waals surface area contributed by atoms with Crippen molar-refractivity contribution < 1.29 is 19.1 Å². The Kier molecular flexibility index (Phi) is 6.97. The maximum atomic E-state index is 13.5. The molecule has 1 aromatic carbocycles. The maximum Gasteiger partial charge on any atom is 0.250 e. The molecule has 2 aliphatic heterocycles. The molecule has 0 unspecified atom stereocenters. The summed E-state index contributed by atoms with van der Waals surface area (Å²) in [6.45, 7) is 6.09. The third-order valence-electron chi connectivity index (χ3n) is 5.84. The lowest BCUT2D eigenvalue weighted by atomic mass is 9.85. The van der Waals surface area contributed by atoms with Crippen molar-refractivity contribution >= 4 is 23.4 Å². The molecular weight excluding hydrogens is 384 g/mol. The van der Waals surface area contributed by atoms with Gasteiger partial charge in [-0.2, -0.15) is 0 Å². The first-order valence-electron chi connectivity index (χ1n) is 10.5. The number of para-hydroxylation sites is 1. The lowest BCUT2D eigenvalue weighted by Crippen LogP contribution is -2.57. The quantitative estimate of drug-likeness (QED) is 0.719. The van der Waals surface area contributed by atoms with Crippen LogP contribution in [0.2, 0.25) is 0 Å². The second-order valence-corrected chi connectivity index (χ2v) is 8.45. The number of methoxy groups -OCH3 is 1. The predicted octanol–water partition coefficient (Wildman–Crippen LogP) is 1.07. The van der Waals surface area contributed by atoms with E-state index in [0.717, 1.165) is 5.69 Å². The van der Waals surface area contributed by atoms with E-state index in [1.54, 1.807) is 9.80 Å². The smallest absolute Gasteiger partial charge is 0.250 e. The molecule has 0 bridgehead atoms. The van der Waals surface area contributed by atoms with Gasteiger partial charge in [-0.1, -0.05) is 32.0 Å². The van der Waals surface area contributed by atoms with Crippen LogP contribution in [-0.2, 0) is 19.1 Å². The Bertz CT molecular complexity index is 760. The molecule has 8 heteroatoms. The Morgan fingerprint density at radius 3 is 2.43 bits per heavy atom. The van der Waals surface area contributed by atoms with Gasteiger partial charge >= 0.3 is 0 Å². The molecule has 2 aliphatic rings. The summed E-state index contributed by atoms with van der Waals surface area (Å²) in [7, 11) is 1.50. The van der Waals surface area contributed by atoms with E-state index < -0.39 is 5.54 Å². The van der Waals surface area contributed by atoms with E-state index in [1.807, 2.05) is 44.2 Å². The highest BCUT2D eigenvalue weighted by Crippen LogP contribution is 2.39. The fourth-order valence-corrected chi connectivity index (χ4v) is 4.21. The minimum atomic E-state index is -0.733. The van der Waals surface area contributed by atoms with Gasteiger partial charge in [0, 0.05) is 32.4 Å². The zero-order chi connectivity index (χ0) is 21.7. The second kappa shape index (κ2) is 9.47. The molecule has 0 saturated carbocycles. The third-order valence-corrected chi connectivity index (χ3v) is 5.84. The molecule has 0 aliphatic carbocycles. The minimum absolute atomic E-state index is 0.0371. The van der Waals surface area contributed by atoms with Crippen LogP contribution in [0.5, 0.6) is 0 Å². The summed E-state index contributed by atoms with van der Waals surface area (Å²) in [5, 5.41) is 2.89. The molecule has 0 radical (unpaired) electrons. The van der Waals surface area contributed by atoms with Gasteiger partial charge in [-0.05, 0) is 30.9 Å². The average molecular weight is 417 g/mol. The Labute approximate surface area is 178 Å². The summed E-state index contributed by atoms with van der Waals surface area (Å²) in [5.41, 5.74) is 0.219. The number of benzene rings is 1. The Hall–Kier alpha value is -2.61. The van der Waals surface area contributed by atoms with Gasteiger partial charge in [0.25, 0.3) is 5.91 Å². The maximum absolute atomic E-state index is 13.5. The van der Waals surface area contributed by atoms with Gasteiger partial charge in [0.1, 0.15) is 18.7 Å². The van der Waals surface area contributed by atoms with Crippen LogP contribution in [0, 0.1) is 5.92 Å². The van der Waals surface area contributed by atoms with E-state index >= 15 is 0 Å². The molecule has 2 heterocycles. The molecule has 0 aromatic heterocycles. The molecular formula is C22H32N4O4. The van der Waals surface area contributed by atoms with Gasteiger partial charge in [-0.25, -0.2) is 0 Å². The summed E-state index contributed by atoms with van der Waals surface area (Å²) >= 11 is 0. The van der Waals surface area contributed by atoms with E-state index in [2.05, 4.69) is 10.2 Å². The van der Waals surface area contributed by atoms with E-state index in [-0.39, 0.29) is 30.9 Å². The number of nitrogens with one attached hydrogen (secondary N) is 1. The number of anilines is 1. The first-order chi connectivity index (χ1) is 14.4. The van der Waals surface area contributed by atoms with E-state index in [9.17, 15) is 14.4 Å². The largest absolute Gasteiger partial charge is 0.375 e. The summed E-state index contributed by atoms with van der Waals surface area (Å²) in [5.74, 6) is 0.109. The van der Waals surface area contributed by atoms with E-state index in [4.69, 9.17) is 4.74 Å². The van der Waals surface area contributed by atoms with Crippen molar-refractivity contribution in [1.29, 1.82) is 0 Å². The molecule has 1 spiro atoms. The van der Waals surface area contributed by atoms with Crippen molar-refractivity contribution in [3.05, 3.63) is 30.3 Å². The summed E-state index contributed by atoms with van der Waals surface area (Å²) < 4.78 is 4.96. The van der Waals surface area contributed by atoms with Gasteiger partial charge in [0.2, 0.25) is 11.8 Å². The van der Waals surface area contributed by atoms with Gasteiger partial charge < -0.3 is 24.8 Å². The molecule has 8 nitrogen and oxygen atoms in total. The standard InChI is InChI=1S/C22H32N4O4/c1-17(2)13-23-19(27)14-25-16-26(18-7-5-4-6-8-18)22(21(25)29)9-11-24(12-10-22)20(28)15-30-3/h4-8,17H,9-16H2,1-3H3,(H,23,27). The van der Waals surface area contributed by atoms with Crippen LogP contribution < -0.4 is 10.2 Å². The minimum Gasteiger partial charge on any atom is -0.375 e. The number of ether oxygens (including phenoxy) is 1. The molecule has 0 atom stereocenters. The van der Waals surface area contributed by atoms with Crippen molar-refractivity contribution in [3.8, 4) is 0 Å². The lowest BCUT2D eigenvalue weighted by molar-refractivity contribution is -0.141. The number of hydrogen-bond donors (Lipinski definition) is 1. The zero-order valence-corrected chi connectivity index (χ0v) is 18.1. The molecule has 2 fully saturated rings. The van der Waals surface area contributed by atoms with Crippen LogP contribution in [0.15, 0.2) is 30.3 Å². The number of rotatable bonds is 7. The molecule has 1 aromatic rings. The van der Waals surface area contributed by atoms with Crippen molar-refractivity contribution in [2.45, 2.75) is 32.2 Å². The summed E-state index contributed by atoms with van der Waals surface area (Å²) in [6, 6.07) is 9.81. The van der Waals surface area contributed by atoms with Crippen LogP contribution in [0.1, 0.15) is 26.7 Å². The van der Waals surface area contributed by atoms with Crippen LogP contribution in [0.3, 0.4) is 0 Å². The van der Waals surface area contributed by atoms with Gasteiger partial charge in [-0.3, -0.25) is 14.4 Å². The van der Waals surface area contributed by atoms with Crippen molar-refractivity contribution in [2.75, 3.05) is 51.5 Å². The van der Waals surface area contributed by atoms with Crippen LogP contribution in [-0.4, -0.2) is 79.6 Å². The highest BCUT2D eigenvalue weighted by molar-refractivity contribution is 5.96. The number of amides is 3. The normalized spacial score (nSPS) is 18.4. The fraction of sp³-hybridized carbons (Fsp3) is 0.591. The number of hydrogen-bond acceptors (Lipinski definition) is 5. The highest BCUT2D eigenvalue weighted by Gasteiger charge is 2.54. The zero-order valence-electron chi connectivity index (χ0n) is 18.1. The summed E-state index contributed by atoms with van der Waals surface area (Å²) in [4.78, 5) is 43.6. The monoisotopic (exact) mass is 416 g/mol. The van der Waals surface area contributed by atoms with Crippen molar-refractivity contribution in [3.63, 3.8) is 0 Å². The SMILES string of the molecule is COCC(=O)N1CCC2(CC1)C(=O)N(CC(=O)NCC(C)C)CN2c1ccccc1. The molecule has 164 valence electrons. The number of carbonyl (C=O) groups is 3. The Morgan fingerprint density at radius 2 is 1.83 bits per heavy atom. The molecule has 2 saturated heterocycles. The highest BCUT2D eigenvalue weighted by atomic mass is 16.5. The van der Waals surface area contributed by atoms with Crippen LogP contribution in [0.25, 0.3) is 0 Å². The fourth-order valence-electron chi connectivity index (χ4n) is 4.21. The first-order valence-corrected chi connectivity index (χ1v) is 10.5. The lowest BCUT2D eigenvalue weighted by Gasteiger charge is -2.43. The molecule has 1 N–H and O–H groups in total. The molecule has 3 rings (SSSR count). The first kappa shape index (κ1) is 22.1. The topological polar surface area (TPSA) is 82.2 Å². The third kappa shape index (κ3) is 4.59. The van der Waals surface area contributed by atoms with Crippen molar-refractivity contribution in [1.82, 2.24) is 15.1 Å². The summed E-state index contributed by atoms with van der Waals surface area (Å²) in [6.07, 6.45) is 1.06. The van der Waals surface area contributed by atoms with Gasteiger partial charge in [0.05, 0.1) is 6.67 Å². The van der Waals surface area contributed by atoms with Crippen LogP contribution >= 0.6 is 0 Å². The van der Waals surface area contributed by atoms with E-state index in [1.165, 1.54) is 7.11 Å². The van der Waals surface area contributed by atoms with Gasteiger partial charge in [-0.15, -0.1) is 0 Å².